The second kappa shape index (κ2) is 8.65. The van der Waals surface area contributed by atoms with Crippen LogP contribution in [0.2, 0.25) is 0 Å². The number of benzene rings is 2. The minimum Gasteiger partial charge on any atom is -0.356 e. The maximum atomic E-state index is 5.41. The lowest BCUT2D eigenvalue weighted by molar-refractivity contribution is -0.884. The zero-order chi connectivity index (χ0) is 16.7. The summed E-state index contributed by atoms with van der Waals surface area (Å²) in [5, 5.41) is 7.26. The van der Waals surface area contributed by atoms with Gasteiger partial charge in [-0.15, -0.1) is 0 Å². The first-order valence-electron chi connectivity index (χ1n) is 8.00. The number of anilines is 1. The number of hydrogen-bond acceptors (Lipinski definition) is 1. The van der Waals surface area contributed by atoms with Gasteiger partial charge < -0.3 is 15.5 Å². The highest BCUT2D eigenvalue weighted by Gasteiger charge is 2.16. The molecule has 122 valence electrons. The van der Waals surface area contributed by atoms with Crippen molar-refractivity contribution in [3.05, 3.63) is 65.7 Å². The molecule has 0 saturated heterocycles. The molecule has 0 aliphatic carbocycles. The van der Waals surface area contributed by atoms with Gasteiger partial charge in [-0.25, -0.2) is 0 Å². The molecule has 3 nitrogen and oxygen atoms in total. The number of aryl methyl sites for hydroxylation is 1. The molecule has 0 bridgehead atoms. The summed E-state index contributed by atoms with van der Waals surface area (Å²) in [4.78, 5) is 1.42. The summed E-state index contributed by atoms with van der Waals surface area (Å²) in [5.41, 5.74) is 3.62. The third-order valence-electron chi connectivity index (χ3n) is 3.96. The van der Waals surface area contributed by atoms with Crippen LogP contribution in [0.5, 0.6) is 0 Å². The van der Waals surface area contributed by atoms with Crippen molar-refractivity contribution in [2.45, 2.75) is 19.4 Å². The van der Waals surface area contributed by atoms with Crippen molar-refractivity contribution in [1.82, 2.24) is 5.32 Å². The molecular weight excluding hydrogens is 302 g/mol. The quantitative estimate of drug-likeness (QED) is 0.709. The monoisotopic (exact) mass is 328 g/mol. The lowest BCUT2D eigenvalue weighted by Crippen LogP contribution is -3.11. The van der Waals surface area contributed by atoms with Gasteiger partial charge in [0.2, 0.25) is 0 Å². The van der Waals surface area contributed by atoms with Gasteiger partial charge in [0.25, 0.3) is 0 Å². The largest absolute Gasteiger partial charge is 0.356 e. The fraction of sp³-hybridized carbons (Fsp3) is 0.316. The molecule has 3 N–H and O–H groups in total. The molecule has 0 saturated carbocycles. The average molecular weight is 329 g/mol. The Morgan fingerprint density at radius 1 is 1.04 bits per heavy atom. The normalized spacial score (nSPS) is 12.0. The lowest BCUT2D eigenvalue weighted by Gasteiger charge is -2.23. The second-order valence-corrected chi connectivity index (χ2v) is 6.57. The Hall–Kier alpha value is -1.91. The molecule has 0 aromatic heterocycles. The van der Waals surface area contributed by atoms with Crippen LogP contribution in [0.25, 0.3) is 0 Å². The van der Waals surface area contributed by atoms with E-state index in [-0.39, 0.29) is 0 Å². The summed E-state index contributed by atoms with van der Waals surface area (Å²) >= 11 is 5.41. The molecule has 2 rings (SSSR count). The Kier molecular flexibility index (Phi) is 6.56. The molecule has 0 spiro atoms. The van der Waals surface area contributed by atoms with Gasteiger partial charge in [0, 0.05) is 12.1 Å². The van der Waals surface area contributed by atoms with Crippen molar-refractivity contribution < 1.29 is 4.90 Å². The molecule has 0 unspecified atom stereocenters. The van der Waals surface area contributed by atoms with E-state index in [2.05, 4.69) is 74.1 Å². The molecule has 2 aromatic rings. The smallest absolute Gasteiger partial charge is 0.170 e. The van der Waals surface area contributed by atoms with Gasteiger partial charge in [-0.3, -0.25) is 0 Å². The maximum absolute atomic E-state index is 5.41. The van der Waals surface area contributed by atoms with Crippen LogP contribution in [0.1, 0.15) is 11.1 Å². The van der Waals surface area contributed by atoms with E-state index >= 15 is 0 Å². The molecule has 0 aliphatic rings. The van der Waals surface area contributed by atoms with Crippen LogP contribution < -0.4 is 15.5 Å². The minimum absolute atomic E-state index is 0.468. The van der Waals surface area contributed by atoms with Crippen LogP contribution in [0, 0.1) is 6.92 Å². The predicted molar refractivity (Wildman–Crippen MR) is 102 cm³/mol. The highest BCUT2D eigenvalue weighted by molar-refractivity contribution is 7.80. The van der Waals surface area contributed by atoms with Crippen molar-refractivity contribution in [3.8, 4) is 0 Å². The molecule has 0 radical (unpaired) electrons. The Morgan fingerprint density at radius 2 is 1.70 bits per heavy atom. The lowest BCUT2D eigenvalue weighted by atomic mass is 10.1. The standard InChI is InChI=1S/C19H25N3S/c1-15-9-11-17(12-10-15)21-19(23)20-14-18(22(2)3)13-16-7-5-4-6-8-16/h4-12,18H,13-14H2,1-3H3,(H2,20,21,23)/p+1/t18-/m0/s1. The fourth-order valence-corrected chi connectivity index (χ4v) is 2.61. The van der Waals surface area contributed by atoms with E-state index in [1.54, 1.807) is 0 Å². The van der Waals surface area contributed by atoms with Crippen LogP contribution in [0.3, 0.4) is 0 Å². The van der Waals surface area contributed by atoms with E-state index in [9.17, 15) is 0 Å². The first-order valence-corrected chi connectivity index (χ1v) is 8.41. The van der Waals surface area contributed by atoms with Gasteiger partial charge in [0.05, 0.1) is 20.6 Å². The summed E-state index contributed by atoms with van der Waals surface area (Å²) in [6.45, 7) is 2.92. The van der Waals surface area contributed by atoms with Crippen LogP contribution >= 0.6 is 12.2 Å². The molecule has 0 heterocycles. The summed E-state index contributed by atoms with van der Waals surface area (Å²) in [7, 11) is 4.37. The van der Waals surface area contributed by atoms with Crippen LogP contribution in [0.15, 0.2) is 54.6 Å². The van der Waals surface area contributed by atoms with Crippen molar-refractivity contribution in [3.63, 3.8) is 0 Å². The Morgan fingerprint density at radius 3 is 2.30 bits per heavy atom. The first-order chi connectivity index (χ1) is 11.0. The summed E-state index contributed by atoms with van der Waals surface area (Å²) in [6, 6.07) is 19.3. The summed E-state index contributed by atoms with van der Waals surface area (Å²) in [6.07, 6.45) is 1.03. The molecule has 1 atom stereocenters. The predicted octanol–water partition coefficient (Wildman–Crippen LogP) is 2.04. The number of hydrogen-bond donors (Lipinski definition) is 3. The number of quaternary nitrogens is 1. The summed E-state index contributed by atoms with van der Waals surface area (Å²) < 4.78 is 0. The van der Waals surface area contributed by atoms with Crippen LogP contribution in [-0.2, 0) is 6.42 Å². The number of thiocarbonyl (C=S) groups is 1. The van der Waals surface area contributed by atoms with E-state index in [4.69, 9.17) is 12.2 Å². The maximum Gasteiger partial charge on any atom is 0.170 e. The van der Waals surface area contributed by atoms with Crippen LogP contribution in [0.4, 0.5) is 5.69 Å². The van der Waals surface area contributed by atoms with Gasteiger partial charge in [0.15, 0.2) is 5.11 Å². The van der Waals surface area contributed by atoms with E-state index < -0.39 is 0 Å². The van der Waals surface area contributed by atoms with Crippen molar-refractivity contribution in [1.29, 1.82) is 0 Å². The Bertz CT molecular complexity index is 608. The molecule has 0 amide bonds. The fourth-order valence-electron chi connectivity index (χ4n) is 2.41. The Balaban J connectivity index is 1.85. The molecule has 23 heavy (non-hydrogen) atoms. The van der Waals surface area contributed by atoms with E-state index in [1.165, 1.54) is 16.0 Å². The molecule has 0 fully saturated rings. The number of rotatable bonds is 6. The van der Waals surface area contributed by atoms with Gasteiger partial charge in [-0.2, -0.15) is 0 Å². The molecule has 2 aromatic carbocycles. The van der Waals surface area contributed by atoms with Crippen molar-refractivity contribution in [2.75, 3.05) is 26.0 Å². The van der Waals surface area contributed by atoms with Gasteiger partial charge in [-0.05, 0) is 36.8 Å². The highest BCUT2D eigenvalue weighted by Crippen LogP contribution is 2.08. The van der Waals surface area contributed by atoms with Gasteiger partial charge in [-0.1, -0.05) is 48.0 Å². The molecule has 4 heteroatoms. The Labute approximate surface area is 144 Å². The minimum atomic E-state index is 0.468. The van der Waals surface area contributed by atoms with Crippen LogP contribution in [-0.4, -0.2) is 31.8 Å². The average Bonchev–Trinajstić information content (AvgIpc) is 2.54. The van der Waals surface area contributed by atoms with Crippen molar-refractivity contribution in [2.24, 2.45) is 0 Å². The van der Waals surface area contributed by atoms with Crippen molar-refractivity contribution >= 4 is 23.0 Å². The molecule has 0 aliphatic heterocycles. The van der Waals surface area contributed by atoms with Gasteiger partial charge in [0.1, 0.15) is 6.04 Å². The van der Waals surface area contributed by atoms with E-state index in [1.807, 2.05) is 12.1 Å². The second-order valence-electron chi connectivity index (χ2n) is 6.17. The molecular formula is C19H26N3S+. The van der Waals surface area contributed by atoms with E-state index in [0.717, 1.165) is 18.7 Å². The SMILES string of the molecule is Cc1ccc(NC(=S)NC[C@H](Cc2ccccc2)[NH+](C)C)cc1. The zero-order valence-corrected chi connectivity index (χ0v) is 14.9. The van der Waals surface area contributed by atoms with E-state index in [0.29, 0.717) is 11.2 Å². The third-order valence-corrected chi connectivity index (χ3v) is 4.21. The summed E-state index contributed by atoms with van der Waals surface area (Å²) in [5.74, 6) is 0. The third kappa shape index (κ3) is 6.00. The van der Waals surface area contributed by atoms with Gasteiger partial charge >= 0.3 is 0 Å². The number of nitrogens with one attached hydrogen (secondary N) is 3. The topological polar surface area (TPSA) is 28.5 Å². The zero-order valence-electron chi connectivity index (χ0n) is 14.1. The first kappa shape index (κ1) is 17.4. The number of likely N-dealkylation sites (N-methyl/N-ethyl adjacent to an activating group) is 1. The highest BCUT2D eigenvalue weighted by atomic mass is 32.1.